The second-order valence-corrected chi connectivity index (χ2v) is 6.12. The summed E-state index contributed by atoms with van der Waals surface area (Å²) in [5, 5.41) is 5.03. The molecule has 1 heterocycles. The van der Waals surface area contributed by atoms with Crippen molar-refractivity contribution in [3.8, 4) is 0 Å². The summed E-state index contributed by atoms with van der Waals surface area (Å²) >= 11 is 12.8. The highest BCUT2D eigenvalue weighted by Gasteiger charge is 2.13. The summed E-state index contributed by atoms with van der Waals surface area (Å²) in [5.74, 6) is 0. The smallest absolute Gasteiger partial charge is 0.0453 e. The van der Waals surface area contributed by atoms with Crippen molar-refractivity contribution >= 4 is 23.2 Å². The third-order valence-corrected chi connectivity index (χ3v) is 4.27. The minimum atomic E-state index is 0.745. The van der Waals surface area contributed by atoms with Crippen molar-refractivity contribution in [3.05, 3.63) is 45.5 Å². The Kier molecular flexibility index (Phi) is 5.75. The predicted octanol–water partition coefficient (Wildman–Crippen LogP) is 5.04. The Balaban J connectivity index is 2.22. The van der Waals surface area contributed by atoms with Gasteiger partial charge in [0.05, 0.1) is 0 Å². The van der Waals surface area contributed by atoms with Crippen LogP contribution < -0.4 is 5.32 Å². The highest BCUT2D eigenvalue weighted by Crippen LogP contribution is 2.33. The molecule has 1 saturated heterocycles. The molecule has 104 valence electrons. The van der Waals surface area contributed by atoms with E-state index in [0.29, 0.717) is 0 Å². The molecule has 1 N–H and O–H groups in total. The van der Waals surface area contributed by atoms with Crippen molar-refractivity contribution in [2.24, 2.45) is 0 Å². The van der Waals surface area contributed by atoms with Crippen LogP contribution in [0.4, 0.5) is 0 Å². The number of hydrogen-bond donors (Lipinski definition) is 1. The average Bonchev–Trinajstić information content (AvgIpc) is 2.44. The van der Waals surface area contributed by atoms with Crippen LogP contribution in [0.15, 0.2) is 45.5 Å². The number of hydrogen-bond acceptors (Lipinski definition) is 1. The summed E-state index contributed by atoms with van der Waals surface area (Å²) < 4.78 is 0. The molecule has 3 heteroatoms. The normalized spacial score (nSPS) is 22.5. The summed E-state index contributed by atoms with van der Waals surface area (Å²) in [4.78, 5) is 0. The van der Waals surface area contributed by atoms with Crippen LogP contribution in [0.2, 0.25) is 0 Å². The van der Waals surface area contributed by atoms with Crippen molar-refractivity contribution in [3.63, 3.8) is 0 Å². The Hall–Kier alpha value is -0.500. The SMILES string of the molecule is C=C1CC=C(Cl)C(C=C2CCCNCCC2)=C(Cl)C1. The van der Waals surface area contributed by atoms with Gasteiger partial charge in [-0.15, -0.1) is 0 Å². The van der Waals surface area contributed by atoms with Gasteiger partial charge in [-0.1, -0.05) is 53.1 Å². The lowest BCUT2D eigenvalue weighted by Crippen LogP contribution is -2.19. The Bertz CT molecular complexity index is 434. The fourth-order valence-electron chi connectivity index (χ4n) is 2.49. The van der Waals surface area contributed by atoms with Crippen molar-refractivity contribution in [2.75, 3.05) is 13.1 Å². The minimum absolute atomic E-state index is 0.745. The number of halogens is 2. The third-order valence-electron chi connectivity index (χ3n) is 3.58. The number of rotatable bonds is 1. The van der Waals surface area contributed by atoms with Gasteiger partial charge < -0.3 is 5.32 Å². The molecule has 0 atom stereocenters. The summed E-state index contributed by atoms with van der Waals surface area (Å²) in [5.41, 5.74) is 3.60. The van der Waals surface area contributed by atoms with Crippen molar-refractivity contribution < 1.29 is 0 Å². The molecule has 1 nitrogen and oxygen atoms in total. The molecule has 0 aromatic carbocycles. The van der Waals surface area contributed by atoms with E-state index in [-0.39, 0.29) is 0 Å². The fourth-order valence-corrected chi connectivity index (χ4v) is 3.13. The van der Waals surface area contributed by atoms with E-state index in [1.165, 1.54) is 18.4 Å². The van der Waals surface area contributed by atoms with Crippen molar-refractivity contribution in [1.82, 2.24) is 5.32 Å². The minimum Gasteiger partial charge on any atom is -0.317 e. The van der Waals surface area contributed by atoms with Gasteiger partial charge in [0.1, 0.15) is 0 Å². The topological polar surface area (TPSA) is 12.0 Å². The molecule has 19 heavy (non-hydrogen) atoms. The molecular weight excluding hydrogens is 277 g/mol. The van der Waals surface area contributed by atoms with Crippen LogP contribution in [0, 0.1) is 0 Å². The van der Waals surface area contributed by atoms with Gasteiger partial charge in [-0.05, 0) is 45.2 Å². The Morgan fingerprint density at radius 1 is 1.16 bits per heavy atom. The van der Waals surface area contributed by atoms with Gasteiger partial charge in [-0.2, -0.15) is 0 Å². The first kappa shape index (κ1) is 14.9. The van der Waals surface area contributed by atoms with Gasteiger partial charge in [0.2, 0.25) is 0 Å². The monoisotopic (exact) mass is 297 g/mol. The third kappa shape index (κ3) is 4.52. The summed E-state index contributed by atoms with van der Waals surface area (Å²) in [6, 6.07) is 0. The van der Waals surface area contributed by atoms with E-state index in [4.69, 9.17) is 23.2 Å². The molecule has 2 rings (SSSR count). The average molecular weight is 298 g/mol. The van der Waals surface area contributed by atoms with Crippen LogP contribution in [0.1, 0.15) is 38.5 Å². The van der Waals surface area contributed by atoms with E-state index in [1.54, 1.807) is 0 Å². The lowest BCUT2D eigenvalue weighted by atomic mass is 9.99. The van der Waals surface area contributed by atoms with Crippen LogP contribution in [0.3, 0.4) is 0 Å². The molecule has 1 aliphatic heterocycles. The maximum absolute atomic E-state index is 6.41. The highest BCUT2D eigenvalue weighted by molar-refractivity contribution is 6.36. The van der Waals surface area contributed by atoms with Crippen LogP contribution in [-0.4, -0.2) is 13.1 Å². The zero-order chi connectivity index (χ0) is 13.7. The lowest BCUT2D eigenvalue weighted by molar-refractivity contribution is 0.579. The molecule has 0 aromatic heterocycles. The molecule has 0 spiro atoms. The molecule has 2 aliphatic rings. The van der Waals surface area contributed by atoms with Gasteiger partial charge in [-0.3, -0.25) is 0 Å². The first-order chi connectivity index (χ1) is 9.16. The van der Waals surface area contributed by atoms with Crippen LogP contribution >= 0.6 is 23.2 Å². The van der Waals surface area contributed by atoms with Gasteiger partial charge in [0, 0.05) is 22.1 Å². The predicted molar refractivity (Wildman–Crippen MR) is 84.6 cm³/mol. The van der Waals surface area contributed by atoms with E-state index in [2.05, 4.69) is 18.0 Å². The van der Waals surface area contributed by atoms with Crippen LogP contribution in [0.25, 0.3) is 0 Å². The standard InChI is InChI=1S/C16H21Cl2N/c1-12-6-7-15(17)14(16(18)10-12)11-13-4-2-8-19-9-3-5-13/h7,11,19H,1-6,8-10H2. The maximum atomic E-state index is 6.41. The van der Waals surface area contributed by atoms with Gasteiger partial charge in [-0.25, -0.2) is 0 Å². The largest absolute Gasteiger partial charge is 0.317 e. The Morgan fingerprint density at radius 2 is 1.84 bits per heavy atom. The Morgan fingerprint density at radius 3 is 2.53 bits per heavy atom. The molecular formula is C16H21Cl2N. The van der Waals surface area contributed by atoms with Crippen LogP contribution in [-0.2, 0) is 0 Å². The van der Waals surface area contributed by atoms with E-state index in [9.17, 15) is 0 Å². The van der Waals surface area contributed by atoms with E-state index < -0.39 is 0 Å². The second-order valence-electron chi connectivity index (χ2n) is 5.26. The lowest BCUT2D eigenvalue weighted by Gasteiger charge is -2.14. The molecule has 1 aliphatic carbocycles. The second kappa shape index (κ2) is 7.33. The highest BCUT2D eigenvalue weighted by atomic mass is 35.5. The van der Waals surface area contributed by atoms with Gasteiger partial charge >= 0.3 is 0 Å². The first-order valence-corrected chi connectivity index (χ1v) is 7.74. The first-order valence-electron chi connectivity index (χ1n) is 6.98. The van der Waals surface area contributed by atoms with E-state index in [1.807, 2.05) is 6.08 Å². The summed E-state index contributed by atoms with van der Waals surface area (Å²) in [7, 11) is 0. The zero-order valence-corrected chi connectivity index (χ0v) is 12.8. The van der Waals surface area contributed by atoms with Gasteiger partial charge in [0.15, 0.2) is 0 Å². The molecule has 1 fully saturated rings. The number of nitrogens with one attached hydrogen (secondary N) is 1. The van der Waals surface area contributed by atoms with Crippen LogP contribution in [0.5, 0.6) is 0 Å². The van der Waals surface area contributed by atoms with Crippen molar-refractivity contribution in [1.29, 1.82) is 0 Å². The van der Waals surface area contributed by atoms with Crippen molar-refractivity contribution in [2.45, 2.75) is 38.5 Å². The summed E-state index contributed by atoms with van der Waals surface area (Å²) in [6.45, 7) is 6.22. The molecule has 0 radical (unpaired) electrons. The van der Waals surface area contributed by atoms with Gasteiger partial charge in [0.25, 0.3) is 0 Å². The maximum Gasteiger partial charge on any atom is 0.0453 e. The molecule has 0 bridgehead atoms. The molecule has 0 aromatic rings. The zero-order valence-electron chi connectivity index (χ0n) is 11.3. The van der Waals surface area contributed by atoms with E-state index in [0.717, 1.165) is 60.0 Å². The quantitative estimate of drug-likeness (QED) is 0.669. The molecule has 0 amide bonds. The molecule has 0 saturated carbocycles. The fraction of sp³-hybridized carbons (Fsp3) is 0.500. The number of allylic oxidation sites excluding steroid dienone is 7. The molecule has 0 unspecified atom stereocenters. The van der Waals surface area contributed by atoms with E-state index >= 15 is 0 Å². The Labute approximate surface area is 126 Å². The summed E-state index contributed by atoms with van der Waals surface area (Å²) in [6.07, 6.45) is 10.4.